The van der Waals surface area contributed by atoms with Gasteiger partial charge < -0.3 is 20.9 Å². The van der Waals surface area contributed by atoms with Gasteiger partial charge in [0.1, 0.15) is 18.5 Å². The molecular weight excluding hydrogens is 335 g/mol. The monoisotopic (exact) mass is 356 g/mol. The molecule has 23 heavy (non-hydrogen) atoms. The number of anilines is 1. The van der Waals surface area contributed by atoms with Gasteiger partial charge >= 0.3 is 0 Å². The van der Waals surface area contributed by atoms with Gasteiger partial charge in [-0.2, -0.15) is 0 Å². The average Bonchev–Trinajstić information content (AvgIpc) is 2.55. The Labute approximate surface area is 148 Å². The zero-order valence-corrected chi connectivity index (χ0v) is 14.3. The van der Waals surface area contributed by atoms with Crippen molar-refractivity contribution in [3.8, 4) is 5.75 Å². The quantitative estimate of drug-likeness (QED) is 0.678. The molecule has 126 valence electrons. The maximum absolute atomic E-state index is 10.0. The summed E-state index contributed by atoms with van der Waals surface area (Å²) in [4.78, 5) is 0. The third kappa shape index (κ3) is 6.67. The zero-order valence-electron chi connectivity index (χ0n) is 12.7. The van der Waals surface area contributed by atoms with Crippen molar-refractivity contribution in [1.82, 2.24) is 0 Å². The van der Waals surface area contributed by atoms with Crippen LogP contribution in [0.2, 0.25) is 5.02 Å². The molecule has 2 aromatic carbocycles. The Balaban J connectivity index is 0.00000264. The molecular formula is C17H22Cl2N2O2. The fourth-order valence-corrected chi connectivity index (χ4v) is 2.19. The van der Waals surface area contributed by atoms with Crippen molar-refractivity contribution in [2.24, 2.45) is 5.73 Å². The van der Waals surface area contributed by atoms with E-state index in [1.807, 2.05) is 54.6 Å². The molecule has 4 N–H and O–H groups in total. The number of hydrogen-bond donors (Lipinski definition) is 3. The van der Waals surface area contributed by atoms with Crippen LogP contribution in [0.1, 0.15) is 6.42 Å². The molecule has 0 bridgehead atoms. The SMILES string of the molecule is Cl.NC(CCNc1ccccc1Cl)C(O)COc1ccccc1. The molecule has 2 rings (SSSR count). The number of aliphatic hydroxyl groups is 1. The van der Waals surface area contributed by atoms with Crippen molar-refractivity contribution in [2.75, 3.05) is 18.5 Å². The molecule has 0 aliphatic rings. The van der Waals surface area contributed by atoms with Crippen molar-refractivity contribution in [2.45, 2.75) is 18.6 Å². The fourth-order valence-electron chi connectivity index (χ4n) is 1.99. The van der Waals surface area contributed by atoms with Crippen LogP contribution in [-0.4, -0.2) is 30.4 Å². The molecule has 2 unspecified atom stereocenters. The topological polar surface area (TPSA) is 67.5 Å². The van der Waals surface area contributed by atoms with Gasteiger partial charge in [0.15, 0.2) is 0 Å². The minimum absolute atomic E-state index is 0. The number of rotatable bonds is 8. The number of halogens is 2. The predicted molar refractivity (Wildman–Crippen MR) is 97.7 cm³/mol. The molecule has 0 aliphatic carbocycles. The second kappa shape index (κ2) is 10.3. The number of benzene rings is 2. The number of para-hydroxylation sites is 2. The van der Waals surface area contributed by atoms with Crippen LogP contribution >= 0.6 is 24.0 Å². The highest BCUT2D eigenvalue weighted by Crippen LogP contribution is 2.20. The van der Waals surface area contributed by atoms with E-state index in [0.29, 0.717) is 18.0 Å². The Morgan fingerprint density at radius 1 is 1.09 bits per heavy atom. The van der Waals surface area contributed by atoms with Crippen LogP contribution in [0.3, 0.4) is 0 Å². The first kappa shape index (κ1) is 19.6. The maximum Gasteiger partial charge on any atom is 0.119 e. The first-order chi connectivity index (χ1) is 10.7. The minimum Gasteiger partial charge on any atom is -0.491 e. The van der Waals surface area contributed by atoms with Crippen LogP contribution in [-0.2, 0) is 0 Å². The summed E-state index contributed by atoms with van der Waals surface area (Å²) in [5, 5.41) is 13.9. The number of hydrogen-bond acceptors (Lipinski definition) is 4. The normalized spacial score (nSPS) is 12.8. The summed E-state index contributed by atoms with van der Waals surface area (Å²) in [6.45, 7) is 0.810. The third-order valence-corrected chi connectivity index (χ3v) is 3.65. The Bertz CT molecular complexity index is 570. The number of nitrogens with two attached hydrogens (primary N) is 1. The Morgan fingerprint density at radius 2 is 1.74 bits per heavy atom. The smallest absolute Gasteiger partial charge is 0.119 e. The molecule has 0 radical (unpaired) electrons. The van der Waals surface area contributed by atoms with E-state index in [9.17, 15) is 5.11 Å². The molecule has 0 saturated carbocycles. The maximum atomic E-state index is 10.0. The minimum atomic E-state index is -0.715. The van der Waals surface area contributed by atoms with Crippen LogP contribution in [0, 0.1) is 0 Å². The highest BCUT2D eigenvalue weighted by atomic mass is 35.5. The van der Waals surface area contributed by atoms with Gasteiger partial charge in [0, 0.05) is 12.6 Å². The molecule has 0 saturated heterocycles. The van der Waals surface area contributed by atoms with E-state index >= 15 is 0 Å². The molecule has 0 fully saturated rings. The highest BCUT2D eigenvalue weighted by molar-refractivity contribution is 6.33. The number of aliphatic hydroxyl groups excluding tert-OH is 1. The second-order valence-electron chi connectivity index (χ2n) is 5.05. The summed E-state index contributed by atoms with van der Waals surface area (Å²) < 4.78 is 5.50. The molecule has 4 nitrogen and oxygen atoms in total. The summed E-state index contributed by atoms with van der Waals surface area (Å²) in [6.07, 6.45) is -0.0990. The zero-order chi connectivity index (χ0) is 15.8. The lowest BCUT2D eigenvalue weighted by atomic mass is 10.1. The second-order valence-corrected chi connectivity index (χ2v) is 5.46. The van der Waals surface area contributed by atoms with Gasteiger partial charge in [0.05, 0.1) is 10.7 Å². The van der Waals surface area contributed by atoms with E-state index in [0.717, 1.165) is 11.4 Å². The lowest BCUT2D eigenvalue weighted by Gasteiger charge is -2.20. The van der Waals surface area contributed by atoms with Crippen molar-refractivity contribution >= 4 is 29.7 Å². The van der Waals surface area contributed by atoms with Gasteiger partial charge in [-0.3, -0.25) is 0 Å². The van der Waals surface area contributed by atoms with E-state index in [1.165, 1.54) is 0 Å². The van der Waals surface area contributed by atoms with Crippen LogP contribution in [0.25, 0.3) is 0 Å². The van der Waals surface area contributed by atoms with Gasteiger partial charge in [-0.1, -0.05) is 41.9 Å². The van der Waals surface area contributed by atoms with Gasteiger partial charge in [0.25, 0.3) is 0 Å². The van der Waals surface area contributed by atoms with Crippen molar-refractivity contribution in [3.63, 3.8) is 0 Å². The Kier molecular flexibility index (Phi) is 8.81. The summed E-state index contributed by atoms with van der Waals surface area (Å²) in [5.41, 5.74) is 6.85. The molecule has 0 aromatic heterocycles. The van der Waals surface area contributed by atoms with Gasteiger partial charge in [0.2, 0.25) is 0 Å². The van der Waals surface area contributed by atoms with Crippen LogP contribution < -0.4 is 15.8 Å². The Morgan fingerprint density at radius 3 is 2.43 bits per heavy atom. The Hall–Kier alpha value is -1.46. The number of nitrogens with one attached hydrogen (secondary N) is 1. The summed E-state index contributed by atoms with van der Waals surface area (Å²) in [6, 6.07) is 16.5. The van der Waals surface area contributed by atoms with E-state index in [4.69, 9.17) is 22.1 Å². The summed E-state index contributed by atoms with van der Waals surface area (Å²) in [7, 11) is 0. The van der Waals surface area contributed by atoms with Crippen molar-refractivity contribution < 1.29 is 9.84 Å². The standard InChI is InChI=1S/C17H21ClN2O2.ClH/c18-14-8-4-5-9-16(14)20-11-10-15(19)17(21)12-22-13-6-2-1-3-7-13;/h1-9,15,17,20-21H,10-12,19H2;1H. The summed E-state index contributed by atoms with van der Waals surface area (Å²) in [5.74, 6) is 0.725. The highest BCUT2D eigenvalue weighted by Gasteiger charge is 2.15. The van der Waals surface area contributed by atoms with Gasteiger partial charge in [-0.25, -0.2) is 0 Å². The molecule has 0 aliphatic heterocycles. The molecule has 6 heteroatoms. The molecule has 2 atom stereocenters. The average molecular weight is 357 g/mol. The summed E-state index contributed by atoms with van der Waals surface area (Å²) >= 11 is 6.06. The molecule has 2 aromatic rings. The van der Waals surface area contributed by atoms with E-state index < -0.39 is 6.10 Å². The molecule has 0 spiro atoms. The first-order valence-electron chi connectivity index (χ1n) is 7.26. The van der Waals surface area contributed by atoms with Gasteiger partial charge in [-0.05, 0) is 30.7 Å². The van der Waals surface area contributed by atoms with E-state index in [2.05, 4.69) is 5.32 Å². The predicted octanol–water partition coefficient (Wildman–Crippen LogP) is 3.33. The largest absolute Gasteiger partial charge is 0.491 e. The lowest BCUT2D eigenvalue weighted by Crippen LogP contribution is -2.40. The van der Waals surface area contributed by atoms with Crippen LogP contribution in [0.4, 0.5) is 5.69 Å². The van der Waals surface area contributed by atoms with Gasteiger partial charge in [-0.15, -0.1) is 12.4 Å². The third-order valence-electron chi connectivity index (χ3n) is 3.33. The molecule has 0 amide bonds. The van der Waals surface area contributed by atoms with Crippen LogP contribution in [0.5, 0.6) is 5.75 Å². The van der Waals surface area contributed by atoms with Crippen molar-refractivity contribution in [1.29, 1.82) is 0 Å². The number of ether oxygens (including phenoxy) is 1. The van der Waals surface area contributed by atoms with Crippen LogP contribution in [0.15, 0.2) is 54.6 Å². The molecule has 0 heterocycles. The lowest BCUT2D eigenvalue weighted by molar-refractivity contribution is 0.0836. The first-order valence-corrected chi connectivity index (χ1v) is 7.64. The van der Waals surface area contributed by atoms with E-state index in [1.54, 1.807) is 0 Å². The van der Waals surface area contributed by atoms with Crippen molar-refractivity contribution in [3.05, 3.63) is 59.6 Å². The fraction of sp³-hybridized carbons (Fsp3) is 0.294. The van der Waals surface area contributed by atoms with E-state index in [-0.39, 0.29) is 25.1 Å².